The lowest BCUT2D eigenvalue weighted by Gasteiger charge is -2.42. The van der Waals surface area contributed by atoms with E-state index in [1.54, 1.807) is 0 Å². The van der Waals surface area contributed by atoms with Crippen molar-refractivity contribution in [1.29, 1.82) is 0 Å². The molecule has 2 fully saturated rings. The average Bonchev–Trinajstić information content (AvgIpc) is 2.98. The van der Waals surface area contributed by atoms with Gasteiger partial charge in [0.1, 0.15) is 48.3 Å². The Morgan fingerprint density at radius 2 is 1.40 bits per heavy atom. The predicted molar refractivity (Wildman–Crippen MR) is 140 cm³/mol. The topological polar surface area (TPSA) is 272 Å². The maximum atomic E-state index is 10.7. The summed E-state index contributed by atoms with van der Waals surface area (Å²) >= 11 is 0. The molecule has 3 heterocycles. The Balaban J connectivity index is 1.41. The highest BCUT2D eigenvalue weighted by Gasteiger charge is 2.48. The summed E-state index contributed by atoms with van der Waals surface area (Å²) in [5.74, 6) is -3.32. The second kappa shape index (κ2) is 11.8. The highest BCUT2D eigenvalue weighted by Crippen LogP contribution is 2.50. The van der Waals surface area contributed by atoms with Crippen LogP contribution in [0, 0.1) is 0 Å². The molecule has 0 radical (unpaired) electrons. The van der Waals surface area contributed by atoms with E-state index in [2.05, 4.69) is 4.74 Å². The van der Waals surface area contributed by atoms with Gasteiger partial charge in [0.05, 0.1) is 24.3 Å². The molecule has 12 N–H and O–H groups in total. The van der Waals surface area contributed by atoms with E-state index < -0.39 is 103 Å². The number of aliphatic hydroxyl groups excluding tert-OH is 6. The van der Waals surface area contributed by atoms with Crippen LogP contribution in [-0.4, -0.2) is 129 Å². The number of rotatable bonds is 6. The van der Waals surface area contributed by atoms with Crippen molar-refractivity contribution in [2.24, 2.45) is 0 Å². The van der Waals surface area contributed by atoms with Gasteiger partial charge in [-0.25, -0.2) is 0 Å². The van der Waals surface area contributed by atoms with Crippen LogP contribution in [0.25, 0.3) is 6.08 Å². The molecule has 16 nitrogen and oxygen atoms in total. The van der Waals surface area contributed by atoms with E-state index in [0.717, 1.165) is 6.07 Å². The quantitative estimate of drug-likeness (QED) is 0.0976. The molecule has 11 atom stereocenters. The van der Waals surface area contributed by atoms with Crippen LogP contribution in [0.3, 0.4) is 0 Å². The third-order valence-electron chi connectivity index (χ3n) is 7.56. The molecule has 236 valence electrons. The number of phenols is 5. The van der Waals surface area contributed by atoms with Crippen LogP contribution >= 0.6 is 0 Å². The van der Waals surface area contributed by atoms with E-state index in [1.165, 1.54) is 31.2 Å². The zero-order valence-electron chi connectivity index (χ0n) is 22.4. The summed E-state index contributed by atoms with van der Waals surface area (Å²) in [6, 6.07) is 4.81. The van der Waals surface area contributed by atoms with Crippen LogP contribution < -0.4 is 0 Å². The first-order valence-electron chi connectivity index (χ1n) is 13.2. The molecule has 0 spiro atoms. The lowest BCUT2D eigenvalue weighted by Crippen LogP contribution is -2.61. The molecule has 11 unspecified atom stereocenters. The van der Waals surface area contributed by atoms with Crippen LogP contribution in [0.1, 0.15) is 24.2 Å². The molecule has 43 heavy (non-hydrogen) atoms. The summed E-state index contributed by atoms with van der Waals surface area (Å²) in [6.07, 6.45) is -15.4. The number of fused-ring (bicyclic) bond motifs is 1. The number of hydrogen-bond donors (Lipinski definition) is 11. The van der Waals surface area contributed by atoms with Gasteiger partial charge in [-0.2, -0.15) is 0 Å². The van der Waals surface area contributed by atoms with Crippen molar-refractivity contribution in [2.75, 3.05) is 6.61 Å². The number of hydrogen-bond acceptors (Lipinski definition) is 15. The lowest BCUT2D eigenvalue weighted by atomic mass is 9.98. The molecule has 3 aliphatic rings. The summed E-state index contributed by atoms with van der Waals surface area (Å²) < 4.78 is 26.8. The molecular formula is C27H33O16+. The van der Waals surface area contributed by atoms with Gasteiger partial charge in [0.15, 0.2) is 35.0 Å². The number of benzene rings is 2. The summed E-state index contributed by atoms with van der Waals surface area (Å²) in [5, 5.41) is 112. The SMILES string of the molecule is CC1OC(OCC2OC(OC3=Cc4c(cc(O)c(O)c4O)[OH+]C3c3ccc(O)c(O)c3)C(O)C(O)C2O)C(O)C(O)C1O. The third-order valence-corrected chi connectivity index (χ3v) is 7.56. The Hall–Kier alpha value is -3.58. The number of phenolic OH excluding ortho intramolecular Hbond substituents is 5. The Morgan fingerprint density at radius 3 is 2.09 bits per heavy atom. The van der Waals surface area contributed by atoms with Gasteiger partial charge in [0.2, 0.25) is 12.0 Å². The van der Waals surface area contributed by atoms with Crippen molar-refractivity contribution in [3.8, 4) is 34.5 Å². The third kappa shape index (κ3) is 5.72. The average molecular weight is 614 g/mol. The fourth-order valence-corrected chi connectivity index (χ4v) is 4.99. The second-order valence-electron chi connectivity index (χ2n) is 10.5. The smallest absolute Gasteiger partial charge is 0.270 e. The molecule has 0 aromatic heterocycles. The van der Waals surface area contributed by atoms with Crippen LogP contribution in [0.15, 0.2) is 30.0 Å². The number of aliphatic hydroxyl groups is 7. The molecule has 3 aliphatic heterocycles. The van der Waals surface area contributed by atoms with Gasteiger partial charge in [-0.05, 0) is 25.1 Å². The van der Waals surface area contributed by atoms with E-state index in [1.807, 2.05) is 0 Å². The van der Waals surface area contributed by atoms with Crippen molar-refractivity contribution < 1.29 is 79.9 Å². The van der Waals surface area contributed by atoms with Crippen molar-refractivity contribution in [3.05, 3.63) is 41.2 Å². The van der Waals surface area contributed by atoms with Gasteiger partial charge in [0.25, 0.3) is 11.9 Å². The van der Waals surface area contributed by atoms with Gasteiger partial charge >= 0.3 is 0 Å². The van der Waals surface area contributed by atoms with E-state index in [4.69, 9.17) is 18.9 Å². The minimum Gasteiger partial charge on any atom is -0.571 e. The van der Waals surface area contributed by atoms with Crippen LogP contribution in [-0.2, 0) is 18.9 Å². The molecule has 0 bridgehead atoms. The maximum absolute atomic E-state index is 10.7. The monoisotopic (exact) mass is 613 g/mol. The molecule has 5 rings (SSSR count). The van der Waals surface area contributed by atoms with E-state index >= 15 is 0 Å². The van der Waals surface area contributed by atoms with Crippen molar-refractivity contribution in [1.82, 2.24) is 0 Å². The predicted octanol–water partition coefficient (Wildman–Crippen LogP) is -1.78. The molecule has 2 aromatic rings. The summed E-state index contributed by atoms with van der Waals surface area (Å²) in [7, 11) is 0. The van der Waals surface area contributed by atoms with Gasteiger partial charge in [-0.1, -0.05) is 0 Å². The minimum atomic E-state index is -1.85. The maximum Gasteiger partial charge on any atom is 0.270 e. The van der Waals surface area contributed by atoms with Crippen LogP contribution in [0.2, 0.25) is 0 Å². The Bertz CT molecular complexity index is 1360. The molecule has 16 heteroatoms. The van der Waals surface area contributed by atoms with E-state index in [9.17, 15) is 56.2 Å². The lowest BCUT2D eigenvalue weighted by molar-refractivity contribution is -0.325. The first-order chi connectivity index (χ1) is 20.3. The van der Waals surface area contributed by atoms with Gasteiger partial charge < -0.3 is 79.9 Å². The van der Waals surface area contributed by atoms with Gasteiger partial charge in [0, 0.05) is 6.08 Å². The minimum absolute atomic E-state index is 0.0112. The highest BCUT2D eigenvalue weighted by molar-refractivity contribution is 5.73. The molecule has 2 saturated heterocycles. The van der Waals surface area contributed by atoms with Crippen molar-refractivity contribution in [3.63, 3.8) is 0 Å². The van der Waals surface area contributed by atoms with Crippen molar-refractivity contribution >= 4 is 6.08 Å². The Morgan fingerprint density at radius 1 is 0.721 bits per heavy atom. The Kier molecular flexibility index (Phi) is 8.50. The molecule has 2 aromatic carbocycles. The number of aromatic hydroxyl groups is 6. The normalized spacial score (nSPS) is 35.9. The second-order valence-corrected chi connectivity index (χ2v) is 10.5. The summed E-state index contributed by atoms with van der Waals surface area (Å²) in [5.41, 5.74) is 0.150. The molecular weight excluding hydrogens is 580 g/mol. The van der Waals surface area contributed by atoms with Crippen LogP contribution in [0.4, 0.5) is 0 Å². The Labute approximate surface area is 243 Å². The standard InChI is InChI=1S/C27H32O16/c1-8-17(31)21(35)23(37)26(40-8)39-7-16-20(34)22(36)24(38)27(43-16)42-15-5-10-14(6-13(30)19(33)18(10)32)41-25(15)9-2-3-11(28)12(29)4-9/h2-6,8,16-17,20-38H,7H2,1H3/p+1. The zero-order valence-corrected chi connectivity index (χ0v) is 22.4. The first-order valence-corrected chi connectivity index (χ1v) is 13.2. The van der Waals surface area contributed by atoms with E-state index in [0.29, 0.717) is 0 Å². The largest absolute Gasteiger partial charge is 0.571 e. The fourth-order valence-electron chi connectivity index (χ4n) is 4.99. The van der Waals surface area contributed by atoms with Gasteiger partial charge in [-0.15, -0.1) is 0 Å². The fraction of sp³-hybridized carbons (Fsp3) is 0.481. The van der Waals surface area contributed by atoms with Crippen molar-refractivity contribution in [2.45, 2.75) is 74.4 Å². The number of ether oxygens (including phenoxy) is 5. The van der Waals surface area contributed by atoms with Gasteiger partial charge in [-0.3, -0.25) is 0 Å². The summed E-state index contributed by atoms with van der Waals surface area (Å²) in [6.45, 7) is 0.897. The molecule has 0 saturated carbocycles. The molecule has 0 aliphatic carbocycles. The first kappa shape index (κ1) is 30.9. The highest BCUT2D eigenvalue weighted by atomic mass is 16.7. The molecule has 0 amide bonds. The van der Waals surface area contributed by atoms with E-state index in [-0.39, 0.29) is 22.6 Å². The zero-order chi connectivity index (χ0) is 31.3. The summed E-state index contributed by atoms with van der Waals surface area (Å²) in [4.78, 5) is 0. The van der Waals surface area contributed by atoms with Crippen LogP contribution in [0.5, 0.6) is 34.5 Å².